The summed E-state index contributed by atoms with van der Waals surface area (Å²) in [5, 5.41) is 16.9. The summed E-state index contributed by atoms with van der Waals surface area (Å²) in [5.41, 5.74) is 2.95. The lowest BCUT2D eigenvalue weighted by Crippen LogP contribution is -2.11. The summed E-state index contributed by atoms with van der Waals surface area (Å²) in [6.45, 7) is 0. The average molecular weight is 346 g/mol. The van der Waals surface area contributed by atoms with Crippen LogP contribution in [0.1, 0.15) is 0 Å². The van der Waals surface area contributed by atoms with Gasteiger partial charge >= 0.3 is 0 Å². The Hall–Kier alpha value is -4.22. The van der Waals surface area contributed by atoms with E-state index in [0.29, 0.717) is 0 Å². The number of rotatable bonds is 4. The average Bonchev–Trinajstić information content (AvgIpc) is 3.49. The molecule has 5 aromatic rings. The van der Waals surface area contributed by atoms with Gasteiger partial charge in [0.25, 0.3) is 0 Å². The van der Waals surface area contributed by atoms with E-state index in [-0.39, 0.29) is 0 Å². The highest BCUT2D eigenvalue weighted by Gasteiger charge is 2.17. The molecular weight excluding hydrogens is 336 g/mol. The smallest absolute Gasteiger partial charge is 0.138 e. The van der Waals surface area contributed by atoms with Crippen LogP contribution in [0.5, 0.6) is 0 Å². The lowest BCUT2D eigenvalue weighted by Gasteiger charge is -2.15. The summed E-state index contributed by atoms with van der Waals surface area (Å²) in [4.78, 5) is 16.1. The molecule has 0 fully saturated rings. The molecule has 0 atom stereocenters. The number of nitrogens with zero attached hydrogens (tertiary/aromatic N) is 12. The molecule has 26 heavy (non-hydrogen) atoms. The molecule has 12 nitrogen and oxygen atoms in total. The third-order valence-corrected chi connectivity index (χ3v) is 3.73. The van der Waals surface area contributed by atoms with Crippen LogP contribution in [-0.4, -0.2) is 59.1 Å². The Morgan fingerprint density at radius 2 is 0.692 bits per heavy atom. The van der Waals surface area contributed by atoms with Crippen LogP contribution in [0.3, 0.4) is 0 Å². The fraction of sp³-hybridized carbons (Fsp3) is 0. The maximum absolute atomic E-state index is 4.24. The Bertz CT molecular complexity index is 928. The van der Waals surface area contributed by atoms with Gasteiger partial charge in [-0.15, -0.1) is 0 Å². The van der Waals surface area contributed by atoms with Gasteiger partial charge in [-0.05, 0) is 12.1 Å². The molecule has 0 saturated heterocycles. The lowest BCUT2D eigenvalue weighted by molar-refractivity contribution is 0.793. The van der Waals surface area contributed by atoms with Gasteiger partial charge < -0.3 is 0 Å². The molecule has 0 amide bonds. The van der Waals surface area contributed by atoms with Gasteiger partial charge in [-0.3, -0.25) is 0 Å². The van der Waals surface area contributed by atoms with Gasteiger partial charge in [0.1, 0.15) is 50.6 Å². The van der Waals surface area contributed by atoms with E-state index in [1.54, 1.807) is 44.0 Å². The molecule has 0 bridgehead atoms. The highest BCUT2D eigenvalue weighted by Crippen LogP contribution is 2.27. The molecule has 0 spiro atoms. The van der Waals surface area contributed by atoms with Gasteiger partial charge in [0.05, 0.1) is 22.7 Å². The van der Waals surface area contributed by atoms with E-state index in [0.717, 1.165) is 22.7 Å². The van der Waals surface area contributed by atoms with E-state index in [4.69, 9.17) is 0 Å². The Kier molecular flexibility index (Phi) is 3.10. The third-order valence-electron chi connectivity index (χ3n) is 3.73. The molecule has 0 aliphatic carbocycles. The largest absolute Gasteiger partial charge is 0.223 e. The Labute approximate surface area is 145 Å². The maximum Gasteiger partial charge on any atom is 0.138 e. The predicted molar refractivity (Wildman–Crippen MR) is 86.1 cm³/mol. The van der Waals surface area contributed by atoms with Crippen molar-refractivity contribution in [3.8, 4) is 22.7 Å². The van der Waals surface area contributed by atoms with Gasteiger partial charge in [-0.25, -0.2) is 38.7 Å². The molecule has 1 aromatic carbocycles. The van der Waals surface area contributed by atoms with Crippen molar-refractivity contribution in [3.05, 3.63) is 62.8 Å². The monoisotopic (exact) mass is 346 g/mol. The number of hydrogen-bond donors (Lipinski definition) is 0. The Morgan fingerprint density at radius 3 is 0.885 bits per heavy atom. The van der Waals surface area contributed by atoms with E-state index in [1.807, 2.05) is 12.1 Å². The van der Waals surface area contributed by atoms with Crippen molar-refractivity contribution in [3.63, 3.8) is 0 Å². The first-order valence-corrected chi connectivity index (χ1v) is 7.48. The number of aromatic nitrogens is 12. The van der Waals surface area contributed by atoms with Crippen LogP contribution in [0, 0.1) is 0 Å². The van der Waals surface area contributed by atoms with Crippen LogP contribution in [-0.2, 0) is 0 Å². The molecule has 126 valence electrons. The Balaban J connectivity index is 1.84. The van der Waals surface area contributed by atoms with Crippen molar-refractivity contribution in [1.29, 1.82) is 0 Å². The second kappa shape index (κ2) is 5.70. The van der Waals surface area contributed by atoms with Crippen molar-refractivity contribution < 1.29 is 0 Å². The molecule has 4 aromatic heterocycles. The zero-order valence-electron chi connectivity index (χ0n) is 13.1. The second-order valence-electron chi connectivity index (χ2n) is 5.19. The standard InChI is InChI=1S/C14H10N12/c1-11(23-7-15-3-19-23)13(25-9-17-5-21-25)2-14(26-10-18-6-22-26)12(1)24-8-16-4-20-24/h1-10H. The van der Waals surface area contributed by atoms with Crippen LogP contribution in [0.15, 0.2) is 62.8 Å². The molecule has 0 aliphatic rings. The summed E-state index contributed by atoms with van der Waals surface area (Å²) in [7, 11) is 0. The molecular formula is C14H10N12. The third kappa shape index (κ3) is 2.24. The van der Waals surface area contributed by atoms with E-state index in [2.05, 4.69) is 40.3 Å². The second-order valence-corrected chi connectivity index (χ2v) is 5.19. The van der Waals surface area contributed by atoms with Gasteiger partial charge in [0.2, 0.25) is 0 Å². The molecule has 0 unspecified atom stereocenters. The van der Waals surface area contributed by atoms with Crippen LogP contribution in [0.4, 0.5) is 0 Å². The molecule has 12 heteroatoms. The highest BCUT2D eigenvalue weighted by atomic mass is 15.4. The minimum Gasteiger partial charge on any atom is -0.223 e. The fourth-order valence-electron chi connectivity index (χ4n) is 2.62. The first-order chi connectivity index (χ1) is 12.9. The quantitative estimate of drug-likeness (QED) is 0.446. The minimum atomic E-state index is 0.738. The van der Waals surface area contributed by atoms with Crippen molar-refractivity contribution in [2.45, 2.75) is 0 Å². The zero-order chi connectivity index (χ0) is 17.3. The normalized spacial score (nSPS) is 11.1. The van der Waals surface area contributed by atoms with Crippen LogP contribution < -0.4 is 0 Å². The highest BCUT2D eigenvalue weighted by molar-refractivity contribution is 5.65. The predicted octanol–water partition coefficient (Wildman–Crippen LogP) is 0.00940. The first-order valence-electron chi connectivity index (χ1n) is 7.48. The number of benzene rings is 1. The van der Waals surface area contributed by atoms with Crippen molar-refractivity contribution in [2.75, 3.05) is 0 Å². The van der Waals surface area contributed by atoms with Gasteiger partial charge in [0.15, 0.2) is 0 Å². The summed E-state index contributed by atoms with van der Waals surface area (Å²) < 4.78 is 6.57. The molecule has 0 radical (unpaired) electrons. The minimum absolute atomic E-state index is 0.738. The SMILES string of the molecule is c1ncn(-c2cc(-n3cncn3)c(-n3cncn3)cc2-n2cncn2)n1. The molecule has 4 heterocycles. The van der Waals surface area contributed by atoms with Crippen LogP contribution >= 0.6 is 0 Å². The van der Waals surface area contributed by atoms with Crippen molar-refractivity contribution in [2.24, 2.45) is 0 Å². The summed E-state index contributed by atoms with van der Waals surface area (Å²) >= 11 is 0. The fourth-order valence-corrected chi connectivity index (χ4v) is 2.62. The summed E-state index contributed by atoms with van der Waals surface area (Å²) in [5.74, 6) is 0. The summed E-state index contributed by atoms with van der Waals surface area (Å²) in [6.07, 6.45) is 12.3. The molecule has 5 rings (SSSR count). The maximum atomic E-state index is 4.24. The topological polar surface area (TPSA) is 123 Å². The van der Waals surface area contributed by atoms with E-state index >= 15 is 0 Å². The molecule has 0 saturated carbocycles. The van der Waals surface area contributed by atoms with Crippen molar-refractivity contribution >= 4 is 0 Å². The first kappa shape index (κ1) is 14.2. The lowest BCUT2D eigenvalue weighted by atomic mass is 10.2. The van der Waals surface area contributed by atoms with Crippen LogP contribution in [0.2, 0.25) is 0 Å². The van der Waals surface area contributed by atoms with Gasteiger partial charge in [-0.1, -0.05) is 0 Å². The summed E-state index contributed by atoms with van der Waals surface area (Å²) in [6, 6.07) is 3.80. The van der Waals surface area contributed by atoms with Gasteiger partial charge in [0, 0.05) is 0 Å². The van der Waals surface area contributed by atoms with Crippen LogP contribution in [0.25, 0.3) is 22.7 Å². The van der Waals surface area contributed by atoms with E-state index in [9.17, 15) is 0 Å². The molecule has 0 aliphatic heterocycles. The Morgan fingerprint density at radius 1 is 0.423 bits per heavy atom. The van der Waals surface area contributed by atoms with E-state index in [1.165, 1.54) is 25.3 Å². The van der Waals surface area contributed by atoms with E-state index < -0.39 is 0 Å². The molecule has 0 N–H and O–H groups in total. The van der Waals surface area contributed by atoms with Gasteiger partial charge in [-0.2, -0.15) is 20.4 Å². The van der Waals surface area contributed by atoms with Crippen molar-refractivity contribution in [1.82, 2.24) is 59.1 Å². The zero-order valence-corrected chi connectivity index (χ0v) is 13.1. The number of hydrogen-bond acceptors (Lipinski definition) is 8.